The van der Waals surface area contributed by atoms with Crippen molar-refractivity contribution >= 4 is 22.4 Å². The van der Waals surface area contributed by atoms with Crippen LogP contribution in [-0.4, -0.2) is 25.7 Å². The summed E-state index contributed by atoms with van der Waals surface area (Å²) in [5, 5.41) is 8.49. The third-order valence-electron chi connectivity index (χ3n) is 1.24. The summed E-state index contributed by atoms with van der Waals surface area (Å²) in [6, 6.07) is 0. The van der Waals surface area contributed by atoms with E-state index >= 15 is 0 Å². The van der Waals surface area contributed by atoms with Gasteiger partial charge in [0.25, 0.3) is 0 Å². The summed E-state index contributed by atoms with van der Waals surface area (Å²) in [6.45, 7) is 1.35. The molecule has 1 heterocycles. The summed E-state index contributed by atoms with van der Waals surface area (Å²) in [7, 11) is -3.70. The molecule has 12 heavy (non-hydrogen) atoms. The van der Waals surface area contributed by atoms with Gasteiger partial charge in [-0.25, -0.2) is 4.79 Å². The zero-order valence-electron chi connectivity index (χ0n) is 6.10. The van der Waals surface area contributed by atoms with Crippen LogP contribution in [0.1, 0.15) is 6.92 Å². The fraction of sp³-hybridized carbons (Fsp3) is 0.200. The Bertz CT molecular complexity index is 378. The highest BCUT2D eigenvalue weighted by atomic mass is 32.2. The Morgan fingerprint density at radius 1 is 1.67 bits per heavy atom. The Morgan fingerprint density at radius 3 is 2.67 bits per heavy atom. The molecule has 0 unspecified atom stereocenters. The number of carboxylic acid groups (broad SMARTS) is 1. The molecule has 0 radical (unpaired) electrons. The van der Waals surface area contributed by atoms with Crippen molar-refractivity contribution in [2.45, 2.75) is 6.92 Å². The maximum absolute atomic E-state index is 10.7. The van der Waals surface area contributed by atoms with Gasteiger partial charge in [0.1, 0.15) is 0 Å². The van der Waals surface area contributed by atoms with Crippen molar-refractivity contribution in [3.8, 4) is 0 Å². The third-order valence-corrected chi connectivity index (χ3v) is 2.18. The van der Waals surface area contributed by atoms with Crippen molar-refractivity contribution in [1.29, 1.82) is 0 Å². The van der Waals surface area contributed by atoms with E-state index in [1.54, 1.807) is 0 Å². The van der Waals surface area contributed by atoms with Gasteiger partial charge in [-0.3, -0.25) is 4.72 Å². The number of hydrogen-bond donors (Lipinski definition) is 2. The Hall–Kier alpha value is -1.37. The van der Waals surface area contributed by atoms with Gasteiger partial charge < -0.3 is 5.11 Å². The predicted octanol–water partition coefficient (Wildman–Crippen LogP) is -0.736. The quantitative estimate of drug-likeness (QED) is 0.569. The molecule has 0 atom stereocenters. The summed E-state index contributed by atoms with van der Waals surface area (Å²) in [4.78, 5) is 10.4. The van der Waals surface area contributed by atoms with Gasteiger partial charge >= 0.3 is 16.2 Å². The average molecular weight is 190 g/mol. The number of hydrogen-bond acceptors (Lipinski definition) is 3. The van der Waals surface area contributed by atoms with Gasteiger partial charge in [-0.15, -0.1) is 0 Å². The first-order valence-corrected chi connectivity index (χ1v) is 4.38. The maximum Gasteiger partial charge on any atom is 0.342 e. The van der Waals surface area contributed by atoms with Crippen molar-refractivity contribution in [3.05, 3.63) is 11.3 Å². The predicted molar refractivity (Wildman–Crippen MR) is 40.9 cm³/mol. The summed E-state index contributed by atoms with van der Waals surface area (Å²) < 4.78 is 26.4. The Balaban J connectivity index is 3.12. The Labute approximate surface area is 68.8 Å². The number of aliphatic carboxylic acids is 1. The highest BCUT2D eigenvalue weighted by molar-refractivity contribution is 7.88. The molecule has 0 aliphatic carbocycles. The van der Waals surface area contributed by atoms with Gasteiger partial charge in [0.15, 0.2) is 0 Å². The molecule has 0 aromatic carbocycles. The molecule has 2 N–H and O–H groups in total. The zero-order valence-corrected chi connectivity index (χ0v) is 6.92. The van der Waals surface area contributed by atoms with E-state index in [1.165, 1.54) is 6.92 Å². The molecule has 6 nitrogen and oxygen atoms in total. The molecule has 0 bridgehead atoms. The van der Waals surface area contributed by atoms with Crippen molar-refractivity contribution < 1.29 is 18.3 Å². The van der Waals surface area contributed by atoms with Gasteiger partial charge in [-0.2, -0.15) is 12.8 Å². The molecule has 0 saturated heterocycles. The molecule has 1 aliphatic rings. The minimum absolute atomic E-state index is 0.0671. The van der Waals surface area contributed by atoms with E-state index < -0.39 is 16.2 Å². The molecule has 0 saturated carbocycles. The second-order valence-corrected chi connectivity index (χ2v) is 3.52. The van der Waals surface area contributed by atoms with E-state index in [0.29, 0.717) is 0 Å². The molecular weight excluding hydrogens is 184 g/mol. The Kier molecular flexibility index (Phi) is 1.89. The summed E-state index contributed by atoms with van der Waals surface area (Å²) in [5.41, 5.74) is -0.0812. The van der Waals surface area contributed by atoms with Crippen LogP contribution in [0.3, 0.4) is 0 Å². The van der Waals surface area contributed by atoms with Crippen LogP contribution >= 0.6 is 0 Å². The minimum Gasteiger partial charge on any atom is -0.478 e. The first-order chi connectivity index (χ1) is 5.42. The van der Waals surface area contributed by atoms with Crippen LogP contribution < -0.4 is 4.72 Å². The molecule has 7 heteroatoms. The number of rotatable bonds is 1. The molecule has 1 aliphatic heterocycles. The first-order valence-electron chi connectivity index (χ1n) is 2.94. The second-order valence-electron chi connectivity index (χ2n) is 2.16. The number of carboxylic acids is 1. The summed E-state index contributed by atoms with van der Waals surface area (Å²) in [6.07, 6.45) is 0.809. The van der Waals surface area contributed by atoms with Crippen LogP contribution in [0.2, 0.25) is 0 Å². The smallest absolute Gasteiger partial charge is 0.342 e. The van der Waals surface area contributed by atoms with Crippen LogP contribution in [0, 0.1) is 0 Å². The minimum atomic E-state index is -3.70. The van der Waals surface area contributed by atoms with Crippen molar-refractivity contribution in [1.82, 2.24) is 4.72 Å². The van der Waals surface area contributed by atoms with Crippen LogP contribution in [0.5, 0.6) is 0 Å². The average Bonchev–Trinajstić information content (AvgIpc) is 1.83. The third kappa shape index (κ3) is 1.62. The van der Waals surface area contributed by atoms with Gasteiger partial charge in [-0.1, -0.05) is 0 Å². The van der Waals surface area contributed by atoms with E-state index in [0.717, 1.165) is 6.21 Å². The lowest BCUT2D eigenvalue weighted by Crippen LogP contribution is -2.27. The van der Waals surface area contributed by atoms with Crippen molar-refractivity contribution in [3.63, 3.8) is 0 Å². The SMILES string of the molecule is CC1=C(C(=O)O)C=NS(=O)(=O)N1. The van der Waals surface area contributed by atoms with E-state index in [-0.39, 0.29) is 11.3 Å². The number of nitrogens with zero attached hydrogens (tertiary/aromatic N) is 1. The molecular formula is C5H6N2O4S. The van der Waals surface area contributed by atoms with E-state index in [2.05, 4.69) is 4.40 Å². The van der Waals surface area contributed by atoms with Crippen LogP contribution in [-0.2, 0) is 15.0 Å². The molecule has 0 fully saturated rings. The lowest BCUT2D eigenvalue weighted by atomic mass is 10.2. The number of carbonyl (C=O) groups is 1. The first kappa shape index (κ1) is 8.72. The van der Waals surface area contributed by atoms with Crippen molar-refractivity contribution in [2.24, 2.45) is 4.40 Å². The second kappa shape index (κ2) is 2.59. The molecule has 1 rings (SSSR count). The van der Waals surface area contributed by atoms with Crippen LogP contribution in [0.4, 0.5) is 0 Å². The fourth-order valence-electron chi connectivity index (χ4n) is 0.709. The molecule has 66 valence electrons. The van der Waals surface area contributed by atoms with Gasteiger partial charge in [0.05, 0.1) is 11.8 Å². The topological polar surface area (TPSA) is 95.8 Å². The molecule has 0 aromatic rings. The monoisotopic (exact) mass is 190 g/mol. The summed E-state index contributed by atoms with van der Waals surface area (Å²) in [5.74, 6) is -1.21. The van der Waals surface area contributed by atoms with E-state index in [1.807, 2.05) is 4.72 Å². The lowest BCUT2D eigenvalue weighted by Gasteiger charge is -2.09. The molecule has 0 aromatic heterocycles. The zero-order chi connectivity index (χ0) is 9.35. The van der Waals surface area contributed by atoms with E-state index in [4.69, 9.17) is 5.11 Å². The Morgan fingerprint density at radius 2 is 2.25 bits per heavy atom. The fourth-order valence-corrected chi connectivity index (χ4v) is 1.50. The summed E-state index contributed by atoms with van der Waals surface area (Å²) >= 11 is 0. The number of nitrogens with one attached hydrogen (secondary N) is 1. The van der Waals surface area contributed by atoms with Crippen molar-refractivity contribution in [2.75, 3.05) is 0 Å². The largest absolute Gasteiger partial charge is 0.478 e. The normalized spacial score (nSPS) is 20.4. The highest BCUT2D eigenvalue weighted by Crippen LogP contribution is 2.07. The van der Waals surface area contributed by atoms with Gasteiger partial charge in [0.2, 0.25) is 0 Å². The number of allylic oxidation sites excluding steroid dienone is 1. The highest BCUT2D eigenvalue weighted by Gasteiger charge is 2.19. The molecule has 0 spiro atoms. The lowest BCUT2D eigenvalue weighted by molar-refractivity contribution is -0.132. The van der Waals surface area contributed by atoms with Gasteiger partial charge in [0, 0.05) is 5.70 Å². The van der Waals surface area contributed by atoms with Crippen LogP contribution in [0.15, 0.2) is 15.7 Å². The van der Waals surface area contributed by atoms with Crippen LogP contribution in [0.25, 0.3) is 0 Å². The maximum atomic E-state index is 10.7. The van der Waals surface area contributed by atoms with Gasteiger partial charge in [-0.05, 0) is 6.92 Å². The standard InChI is InChI=1S/C5H6N2O4S/c1-3-4(5(8)9)2-6-12(10,11)7-3/h2,7H,1H3,(H,8,9). The van der Waals surface area contributed by atoms with E-state index in [9.17, 15) is 13.2 Å². The molecule has 0 amide bonds.